The highest BCUT2D eigenvalue weighted by atomic mass is 127. The van der Waals surface area contributed by atoms with E-state index >= 15 is 0 Å². The van der Waals surface area contributed by atoms with Crippen LogP contribution in [-0.4, -0.2) is 6.18 Å². The summed E-state index contributed by atoms with van der Waals surface area (Å²) in [6, 6.07) is 6.67. The van der Waals surface area contributed by atoms with Gasteiger partial charge in [0.2, 0.25) is 0 Å². The first-order valence-corrected chi connectivity index (χ1v) is 5.54. The molecule has 0 aromatic heterocycles. The first-order valence-electron chi connectivity index (χ1n) is 4.46. The third-order valence-electron chi connectivity index (χ3n) is 2.04. The second kappa shape index (κ2) is 5.16. The molecule has 5 heteroatoms. The van der Waals surface area contributed by atoms with E-state index < -0.39 is 18.6 Å². The van der Waals surface area contributed by atoms with E-state index in [1.54, 1.807) is 12.1 Å². The van der Waals surface area contributed by atoms with Crippen molar-refractivity contribution in [2.45, 2.75) is 25.1 Å². The molecule has 0 bridgehead atoms. The van der Waals surface area contributed by atoms with Crippen molar-refractivity contribution in [1.82, 2.24) is 0 Å². The van der Waals surface area contributed by atoms with E-state index in [1.165, 1.54) is 0 Å². The molecule has 15 heavy (non-hydrogen) atoms. The maximum Gasteiger partial charge on any atom is 0.389 e. The standard InChI is InChI=1S/C10H11F3IN/c11-10(12,13)6-5-9(15)7-1-3-8(14)4-2-7/h1-4,9H,5-6,15H2/t9-/m0/s1. The SMILES string of the molecule is N[C@@H](CCC(F)(F)F)c1ccc(I)cc1. The molecule has 84 valence electrons. The third-order valence-corrected chi connectivity index (χ3v) is 2.76. The maximum atomic E-state index is 11.9. The normalized spacial score (nSPS) is 13.9. The number of halogens is 4. The Labute approximate surface area is 100.0 Å². The summed E-state index contributed by atoms with van der Waals surface area (Å²) in [5, 5.41) is 0. The van der Waals surface area contributed by atoms with E-state index in [4.69, 9.17) is 5.73 Å². The molecule has 0 fully saturated rings. The number of nitrogens with two attached hydrogens (primary N) is 1. The predicted molar refractivity (Wildman–Crippen MR) is 61.4 cm³/mol. The molecule has 0 aliphatic heterocycles. The molecule has 0 saturated carbocycles. The Hall–Kier alpha value is -0.300. The highest BCUT2D eigenvalue weighted by Gasteiger charge is 2.27. The monoisotopic (exact) mass is 329 g/mol. The smallest absolute Gasteiger partial charge is 0.324 e. The van der Waals surface area contributed by atoms with Crippen LogP contribution in [-0.2, 0) is 0 Å². The van der Waals surface area contributed by atoms with Crippen molar-refractivity contribution in [2.24, 2.45) is 5.73 Å². The molecule has 0 amide bonds. The van der Waals surface area contributed by atoms with E-state index in [0.29, 0.717) is 0 Å². The van der Waals surface area contributed by atoms with Gasteiger partial charge in [-0.3, -0.25) is 0 Å². The molecule has 0 heterocycles. The number of rotatable bonds is 3. The first-order chi connectivity index (χ1) is 6.88. The van der Waals surface area contributed by atoms with Crippen molar-refractivity contribution < 1.29 is 13.2 Å². The summed E-state index contributed by atoms with van der Waals surface area (Å²) < 4.78 is 36.9. The van der Waals surface area contributed by atoms with Gasteiger partial charge >= 0.3 is 6.18 Å². The van der Waals surface area contributed by atoms with Crippen LogP contribution in [0.5, 0.6) is 0 Å². The van der Waals surface area contributed by atoms with Gasteiger partial charge in [0.25, 0.3) is 0 Å². The van der Waals surface area contributed by atoms with Crippen LogP contribution in [0.25, 0.3) is 0 Å². The van der Waals surface area contributed by atoms with Gasteiger partial charge in [-0.1, -0.05) is 12.1 Å². The predicted octanol–water partition coefficient (Wildman–Crippen LogP) is 3.63. The fourth-order valence-corrected chi connectivity index (χ4v) is 1.56. The summed E-state index contributed by atoms with van der Waals surface area (Å²) >= 11 is 2.13. The van der Waals surface area contributed by atoms with Crippen molar-refractivity contribution in [3.63, 3.8) is 0 Å². The van der Waals surface area contributed by atoms with Crippen LogP contribution in [0.4, 0.5) is 13.2 Å². The largest absolute Gasteiger partial charge is 0.389 e. The van der Waals surface area contributed by atoms with Crippen molar-refractivity contribution in [3.05, 3.63) is 33.4 Å². The van der Waals surface area contributed by atoms with Gasteiger partial charge in [-0.15, -0.1) is 0 Å². The fourth-order valence-electron chi connectivity index (χ4n) is 1.20. The molecule has 1 atom stereocenters. The van der Waals surface area contributed by atoms with Crippen LogP contribution in [0.3, 0.4) is 0 Å². The van der Waals surface area contributed by atoms with Crippen LogP contribution >= 0.6 is 22.6 Å². The molecule has 0 radical (unpaired) electrons. The Morgan fingerprint density at radius 2 is 1.73 bits per heavy atom. The Kier molecular flexibility index (Phi) is 4.39. The second-order valence-electron chi connectivity index (χ2n) is 3.31. The lowest BCUT2D eigenvalue weighted by atomic mass is 10.0. The van der Waals surface area contributed by atoms with Gasteiger partial charge in [0.05, 0.1) is 0 Å². The zero-order chi connectivity index (χ0) is 11.5. The summed E-state index contributed by atoms with van der Waals surface area (Å²) in [5.74, 6) is 0. The third kappa shape index (κ3) is 4.83. The maximum absolute atomic E-state index is 11.9. The first kappa shape index (κ1) is 12.8. The Morgan fingerprint density at radius 3 is 2.20 bits per heavy atom. The summed E-state index contributed by atoms with van der Waals surface area (Å²) in [5.41, 5.74) is 6.40. The minimum absolute atomic E-state index is 0.0654. The Morgan fingerprint density at radius 1 is 1.20 bits per heavy atom. The van der Waals surface area contributed by atoms with Crippen LogP contribution in [0, 0.1) is 3.57 Å². The van der Waals surface area contributed by atoms with Gasteiger partial charge in [-0.25, -0.2) is 0 Å². The number of hydrogen-bond donors (Lipinski definition) is 1. The van der Waals surface area contributed by atoms with Gasteiger partial charge in [0.15, 0.2) is 0 Å². The quantitative estimate of drug-likeness (QED) is 0.842. The van der Waals surface area contributed by atoms with Gasteiger partial charge in [-0.2, -0.15) is 13.2 Å². The molecule has 0 unspecified atom stereocenters. The van der Waals surface area contributed by atoms with Gasteiger partial charge < -0.3 is 5.73 Å². The van der Waals surface area contributed by atoms with Gasteiger partial charge in [0, 0.05) is 16.0 Å². The summed E-state index contributed by atoms with van der Waals surface area (Å²) in [6.07, 6.45) is -5.02. The van der Waals surface area contributed by atoms with Gasteiger partial charge in [-0.05, 0) is 46.7 Å². The van der Waals surface area contributed by atoms with E-state index in [-0.39, 0.29) is 6.42 Å². The van der Waals surface area contributed by atoms with Crippen LogP contribution in [0.15, 0.2) is 24.3 Å². The molecule has 1 rings (SSSR count). The lowest BCUT2D eigenvalue weighted by Gasteiger charge is -2.13. The molecule has 0 saturated heterocycles. The zero-order valence-electron chi connectivity index (χ0n) is 7.89. The summed E-state index contributed by atoms with van der Waals surface area (Å²) in [6.45, 7) is 0. The number of benzene rings is 1. The average molecular weight is 329 g/mol. The zero-order valence-corrected chi connectivity index (χ0v) is 10.0. The second-order valence-corrected chi connectivity index (χ2v) is 4.56. The highest BCUT2D eigenvalue weighted by Crippen LogP contribution is 2.26. The van der Waals surface area contributed by atoms with E-state index in [1.807, 2.05) is 12.1 Å². The molecule has 0 aliphatic rings. The molecule has 1 aromatic rings. The van der Waals surface area contributed by atoms with Crippen molar-refractivity contribution in [3.8, 4) is 0 Å². The van der Waals surface area contributed by atoms with E-state index in [0.717, 1.165) is 9.13 Å². The number of hydrogen-bond acceptors (Lipinski definition) is 1. The van der Waals surface area contributed by atoms with Crippen molar-refractivity contribution in [1.29, 1.82) is 0 Å². The molecule has 0 aliphatic carbocycles. The van der Waals surface area contributed by atoms with Gasteiger partial charge in [0.1, 0.15) is 0 Å². The number of alkyl halides is 3. The molecule has 0 spiro atoms. The summed E-state index contributed by atoms with van der Waals surface area (Å²) in [7, 11) is 0. The highest BCUT2D eigenvalue weighted by molar-refractivity contribution is 14.1. The molecule has 1 nitrogen and oxygen atoms in total. The van der Waals surface area contributed by atoms with Crippen LogP contribution in [0.1, 0.15) is 24.4 Å². The van der Waals surface area contributed by atoms with E-state index in [2.05, 4.69) is 22.6 Å². The van der Waals surface area contributed by atoms with E-state index in [9.17, 15) is 13.2 Å². The van der Waals surface area contributed by atoms with Crippen LogP contribution < -0.4 is 5.73 Å². The Balaban J connectivity index is 2.54. The Bertz CT molecular complexity index is 307. The average Bonchev–Trinajstić information content (AvgIpc) is 2.14. The summed E-state index contributed by atoms with van der Waals surface area (Å²) in [4.78, 5) is 0. The molecular weight excluding hydrogens is 318 g/mol. The van der Waals surface area contributed by atoms with Crippen LogP contribution in [0.2, 0.25) is 0 Å². The topological polar surface area (TPSA) is 26.0 Å². The molecule has 1 aromatic carbocycles. The lowest BCUT2D eigenvalue weighted by molar-refractivity contribution is -0.136. The fraction of sp³-hybridized carbons (Fsp3) is 0.400. The van der Waals surface area contributed by atoms with Crippen molar-refractivity contribution in [2.75, 3.05) is 0 Å². The molecule has 2 N–H and O–H groups in total. The minimum Gasteiger partial charge on any atom is -0.324 e. The minimum atomic E-state index is -4.12. The van der Waals surface area contributed by atoms with Crippen molar-refractivity contribution >= 4 is 22.6 Å². The molecular formula is C10H11F3IN. The lowest BCUT2D eigenvalue weighted by Crippen LogP contribution is -2.15.